The number of benzene rings is 3. The number of ether oxygens (including phenoxy) is 2. The number of nitrogens with zero attached hydrogens (tertiary/aromatic N) is 4. The third kappa shape index (κ3) is 6.05. The number of carboxylic acids is 2. The Morgan fingerprint density at radius 1 is 0.667 bits per heavy atom. The van der Waals surface area contributed by atoms with E-state index in [0.29, 0.717) is 23.3 Å². The number of aromatic nitrogens is 4. The SMILES string of the molecule is Cc1cccc(C2CC2)c1Oc1nnc(Cl)cc1-c1ccc(C(=O)O)c(C(=O)O)c1-c1cc(Cl)nnc1Oc1c(C)cccc1C1CC1. The summed E-state index contributed by atoms with van der Waals surface area (Å²) in [4.78, 5) is 25.5. The molecule has 0 unspecified atom stereocenters. The molecule has 2 aliphatic rings. The van der Waals surface area contributed by atoms with Crippen molar-refractivity contribution in [3.63, 3.8) is 0 Å². The van der Waals surface area contributed by atoms with Crippen LogP contribution in [0.25, 0.3) is 22.3 Å². The van der Waals surface area contributed by atoms with E-state index in [2.05, 4.69) is 20.4 Å². The van der Waals surface area contributed by atoms with Gasteiger partial charge in [0.05, 0.1) is 16.7 Å². The van der Waals surface area contributed by atoms with Crippen LogP contribution in [0.15, 0.2) is 60.7 Å². The molecule has 0 amide bonds. The molecule has 0 bridgehead atoms. The van der Waals surface area contributed by atoms with Crippen LogP contribution in [-0.2, 0) is 0 Å². The minimum Gasteiger partial charge on any atom is -0.478 e. The zero-order chi connectivity index (χ0) is 33.7. The van der Waals surface area contributed by atoms with E-state index >= 15 is 0 Å². The number of hydrogen-bond acceptors (Lipinski definition) is 8. The number of halogens is 2. The molecule has 12 heteroatoms. The lowest BCUT2D eigenvalue weighted by atomic mass is 9.88. The van der Waals surface area contributed by atoms with Crippen LogP contribution in [0.1, 0.15) is 80.5 Å². The van der Waals surface area contributed by atoms with Crippen molar-refractivity contribution in [2.75, 3.05) is 0 Å². The fourth-order valence-electron chi connectivity index (χ4n) is 6.00. The summed E-state index contributed by atoms with van der Waals surface area (Å²) in [6.07, 6.45) is 4.08. The van der Waals surface area contributed by atoms with Crippen molar-refractivity contribution in [3.8, 4) is 45.5 Å². The highest BCUT2D eigenvalue weighted by Gasteiger charge is 2.33. The second-order valence-corrected chi connectivity index (χ2v) is 12.8. The van der Waals surface area contributed by atoms with Crippen molar-refractivity contribution in [1.82, 2.24) is 20.4 Å². The van der Waals surface area contributed by atoms with Gasteiger partial charge >= 0.3 is 11.9 Å². The first-order valence-electron chi connectivity index (χ1n) is 15.4. The molecular weight excluding hydrogens is 655 g/mol. The van der Waals surface area contributed by atoms with E-state index in [1.807, 2.05) is 50.2 Å². The van der Waals surface area contributed by atoms with E-state index in [9.17, 15) is 19.8 Å². The van der Waals surface area contributed by atoms with Gasteiger partial charge in [0.25, 0.3) is 0 Å². The first-order valence-corrected chi connectivity index (χ1v) is 16.1. The van der Waals surface area contributed by atoms with E-state index in [1.54, 1.807) is 0 Å². The van der Waals surface area contributed by atoms with Crippen LogP contribution in [0, 0.1) is 13.8 Å². The van der Waals surface area contributed by atoms with Crippen molar-refractivity contribution in [2.45, 2.75) is 51.4 Å². The van der Waals surface area contributed by atoms with Crippen molar-refractivity contribution >= 4 is 35.1 Å². The number of aromatic carboxylic acids is 2. The predicted octanol–water partition coefficient (Wildman–Crippen LogP) is 9.26. The maximum Gasteiger partial charge on any atom is 0.337 e. The second kappa shape index (κ2) is 12.5. The minimum absolute atomic E-state index is 0.00558. The molecular formula is C36H28Cl2N4O6. The summed E-state index contributed by atoms with van der Waals surface area (Å²) in [5.41, 5.74) is 3.30. The Hall–Kier alpha value is -5.06. The van der Waals surface area contributed by atoms with Gasteiger partial charge in [-0.3, -0.25) is 0 Å². The van der Waals surface area contributed by atoms with Gasteiger partial charge in [0.2, 0.25) is 11.8 Å². The zero-order valence-electron chi connectivity index (χ0n) is 25.8. The molecule has 0 spiro atoms. The first-order chi connectivity index (χ1) is 23.1. The van der Waals surface area contributed by atoms with Crippen LogP contribution in [0.2, 0.25) is 10.3 Å². The fraction of sp³-hybridized carbons (Fsp3) is 0.222. The molecule has 0 radical (unpaired) electrons. The van der Waals surface area contributed by atoms with Gasteiger partial charge in [0.15, 0.2) is 10.3 Å². The third-order valence-corrected chi connectivity index (χ3v) is 8.96. The van der Waals surface area contributed by atoms with E-state index in [1.165, 1.54) is 24.3 Å². The summed E-state index contributed by atoms with van der Waals surface area (Å²) in [6.45, 7) is 3.83. The normalized spacial score (nSPS) is 14.1. The number of carbonyl (C=O) groups is 2. The number of hydrogen-bond donors (Lipinski definition) is 2. The lowest BCUT2D eigenvalue weighted by Gasteiger charge is -2.20. The quantitative estimate of drug-likeness (QED) is 0.146. The Bertz CT molecular complexity index is 2130. The Kier molecular flexibility index (Phi) is 8.22. The standard InChI is InChI=1S/C36H28Cl2N4O6/c1-17-5-3-7-21(19-9-10-19)31(17)47-33-25(15-27(37)39-41-33)23-13-14-24(35(43)44)30(36(45)46)29(23)26-16-28(38)40-42-34(26)48-32-18(2)6-4-8-22(32)20-11-12-20/h3-8,13-16,19-20H,9-12H2,1-2H3,(H,43,44)(H,45,46). The van der Waals surface area contributed by atoms with Gasteiger partial charge in [-0.25, -0.2) is 9.59 Å². The highest BCUT2D eigenvalue weighted by molar-refractivity contribution is 6.30. The van der Waals surface area contributed by atoms with Crippen LogP contribution in [0.3, 0.4) is 0 Å². The van der Waals surface area contributed by atoms with Crippen molar-refractivity contribution in [2.24, 2.45) is 0 Å². The molecule has 3 aromatic carbocycles. The van der Waals surface area contributed by atoms with Crippen LogP contribution in [0.5, 0.6) is 23.3 Å². The summed E-state index contributed by atoms with van der Waals surface area (Å²) in [7, 11) is 0. The van der Waals surface area contributed by atoms with Crippen LogP contribution < -0.4 is 9.47 Å². The lowest BCUT2D eigenvalue weighted by molar-refractivity contribution is 0.0652. The number of carboxylic acid groups (broad SMARTS) is 2. The van der Waals surface area contributed by atoms with Crippen LogP contribution >= 0.6 is 23.2 Å². The molecule has 2 fully saturated rings. The Balaban J connectivity index is 1.48. The summed E-state index contributed by atoms with van der Waals surface area (Å²) < 4.78 is 12.9. The lowest BCUT2D eigenvalue weighted by Crippen LogP contribution is -2.12. The smallest absolute Gasteiger partial charge is 0.337 e. The molecule has 7 rings (SSSR count). The maximum atomic E-state index is 13.0. The molecule has 2 saturated carbocycles. The summed E-state index contributed by atoms with van der Waals surface area (Å²) >= 11 is 12.8. The average molecular weight is 684 g/mol. The first kappa shape index (κ1) is 31.5. The number of para-hydroxylation sites is 2. The Labute approximate surface area is 285 Å². The topological polar surface area (TPSA) is 145 Å². The average Bonchev–Trinajstić information content (AvgIpc) is 3.98. The van der Waals surface area contributed by atoms with E-state index in [-0.39, 0.29) is 44.3 Å². The van der Waals surface area contributed by atoms with E-state index in [0.717, 1.165) is 47.9 Å². The summed E-state index contributed by atoms with van der Waals surface area (Å²) in [5.74, 6) is -1.12. The molecule has 5 aromatic rings. The third-order valence-electron chi connectivity index (χ3n) is 8.59. The zero-order valence-corrected chi connectivity index (χ0v) is 27.3. The molecule has 48 heavy (non-hydrogen) atoms. The van der Waals surface area contributed by atoms with Crippen LogP contribution in [-0.4, -0.2) is 42.5 Å². The predicted molar refractivity (Wildman–Crippen MR) is 179 cm³/mol. The fourth-order valence-corrected chi connectivity index (χ4v) is 6.29. The summed E-state index contributed by atoms with van der Waals surface area (Å²) in [6, 6.07) is 17.3. The molecule has 0 atom stereocenters. The van der Waals surface area contributed by atoms with Gasteiger partial charge in [-0.15, -0.1) is 20.4 Å². The largest absolute Gasteiger partial charge is 0.478 e. The molecule has 2 heterocycles. The number of aryl methyl sites for hydroxylation is 2. The van der Waals surface area contributed by atoms with Crippen molar-refractivity contribution in [3.05, 3.63) is 104 Å². The van der Waals surface area contributed by atoms with Gasteiger partial charge in [-0.1, -0.05) is 65.7 Å². The van der Waals surface area contributed by atoms with Gasteiger partial charge in [-0.2, -0.15) is 0 Å². The maximum absolute atomic E-state index is 13.0. The van der Waals surface area contributed by atoms with Gasteiger partial charge in [-0.05, 0) is 97.4 Å². The highest BCUT2D eigenvalue weighted by atomic mass is 35.5. The summed E-state index contributed by atoms with van der Waals surface area (Å²) in [5, 5.41) is 37.2. The molecule has 10 nitrogen and oxygen atoms in total. The van der Waals surface area contributed by atoms with E-state index in [4.69, 9.17) is 32.7 Å². The molecule has 242 valence electrons. The van der Waals surface area contributed by atoms with Crippen LogP contribution in [0.4, 0.5) is 0 Å². The van der Waals surface area contributed by atoms with Crippen molar-refractivity contribution < 1.29 is 29.3 Å². The monoisotopic (exact) mass is 682 g/mol. The van der Waals surface area contributed by atoms with Crippen molar-refractivity contribution in [1.29, 1.82) is 0 Å². The highest BCUT2D eigenvalue weighted by Crippen LogP contribution is 2.50. The molecule has 2 N–H and O–H groups in total. The minimum atomic E-state index is -1.50. The van der Waals surface area contributed by atoms with Gasteiger partial charge in [0.1, 0.15) is 11.5 Å². The molecule has 2 aromatic heterocycles. The number of rotatable bonds is 10. The van der Waals surface area contributed by atoms with Gasteiger partial charge < -0.3 is 19.7 Å². The Morgan fingerprint density at radius 2 is 1.17 bits per heavy atom. The molecule has 2 aliphatic carbocycles. The second-order valence-electron chi connectivity index (χ2n) is 12.0. The van der Waals surface area contributed by atoms with E-state index < -0.39 is 23.1 Å². The molecule has 0 aliphatic heterocycles. The van der Waals surface area contributed by atoms with Gasteiger partial charge in [0, 0.05) is 11.1 Å². The Morgan fingerprint density at radius 3 is 1.65 bits per heavy atom. The molecule has 0 saturated heterocycles.